The molecule has 1 aliphatic rings. The lowest BCUT2D eigenvalue weighted by molar-refractivity contribution is -0.139. The largest absolute Gasteiger partial charge is 0.469 e. The van der Waals surface area contributed by atoms with E-state index in [4.69, 9.17) is 22.1 Å². The zero-order valence-electron chi connectivity index (χ0n) is 11.4. The molecule has 0 bridgehead atoms. The summed E-state index contributed by atoms with van der Waals surface area (Å²) < 4.78 is 7.01. The number of aromatic nitrogens is 1. The monoisotopic (exact) mass is 292 g/mol. The fourth-order valence-electron chi connectivity index (χ4n) is 3.00. The Morgan fingerprint density at radius 3 is 3.10 bits per heavy atom. The van der Waals surface area contributed by atoms with Gasteiger partial charge < -0.3 is 15.0 Å². The van der Waals surface area contributed by atoms with Crippen LogP contribution in [-0.4, -0.2) is 23.7 Å². The summed E-state index contributed by atoms with van der Waals surface area (Å²) in [5.74, 6) is -0.217. The Labute approximate surface area is 122 Å². The van der Waals surface area contributed by atoms with E-state index in [9.17, 15) is 4.79 Å². The standard InChI is InChI=1S/C15H17ClN2O2/c1-20-15(19)7-12-11-4-2-9(16)6-14(11)18-8-10(17)3-5-13(12)18/h2,4,6,10H,3,5,7-8,17H2,1H3. The molecule has 1 unspecified atom stereocenters. The van der Waals surface area contributed by atoms with Crippen molar-refractivity contribution in [2.24, 2.45) is 5.73 Å². The minimum atomic E-state index is -0.217. The molecule has 1 aromatic heterocycles. The number of esters is 1. The Morgan fingerprint density at radius 2 is 2.35 bits per heavy atom. The number of halogens is 1. The van der Waals surface area contributed by atoms with Crippen LogP contribution in [0.1, 0.15) is 17.7 Å². The second-order valence-electron chi connectivity index (χ2n) is 5.25. The number of ether oxygens (including phenoxy) is 1. The number of hydrogen-bond donors (Lipinski definition) is 1. The molecule has 2 N–H and O–H groups in total. The predicted molar refractivity (Wildman–Crippen MR) is 79.0 cm³/mol. The van der Waals surface area contributed by atoms with Gasteiger partial charge in [0.05, 0.1) is 19.0 Å². The molecular formula is C15H17ClN2O2. The minimum Gasteiger partial charge on any atom is -0.469 e. The van der Waals surface area contributed by atoms with E-state index in [1.54, 1.807) is 0 Å². The highest BCUT2D eigenvalue weighted by molar-refractivity contribution is 6.31. The number of benzene rings is 1. The lowest BCUT2D eigenvalue weighted by Gasteiger charge is -2.23. The molecule has 0 radical (unpaired) electrons. The Hall–Kier alpha value is -1.52. The van der Waals surface area contributed by atoms with Gasteiger partial charge in [-0.05, 0) is 30.5 Å². The molecule has 0 saturated carbocycles. The number of methoxy groups -OCH3 is 1. The number of fused-ring (bicyclic) bond motifs is 3. The van der Waals surface area contributed by atoms with Gasteiger partial charge in [0.1, 0.15) is 0 Å². The third kappa shape index (κ3) is 2.19. The molecule has 0 aliphatic carbocycles. The van der Waals surface area contributed by atoms with Crippen molar-refractivity contribution in [2.45, 2.75) is 31.8 Å². The lowest BCUT2D eigenvalue weighted by Crippen LogP contribution is -2.32. The zero-order chi connectivity index (χ0) is 14.3. The first-order valence-electron chi connectivity index (χ1n) is 6.72. The zero-order valence-corrected chi connectivity index (χ0v) is 12.1. The number of nitrogens with two attached hydrogens (primary N) is 1. The Bertz CT molecular complexity index is 678. The van der Waals surface area contributed by atoms with E-state index in [1.807, 2.05) is 18.2 Å². The van der Waals surface area contributed by atoms with E-state index < -0.39 is 0 Å². The Kier molecular flexibility index (Phi) is 3.44. The maximum atomic E-state index is 11.7. The average molecular weight is 293 g/mol. The molecule has 2 aromatic rings. The average Bonchev–Trinajstić information content (AvgIpc) is 2.72. The summed E-state index contributed by atoms with van der Waals surface area (Å²) in [6.45, 7) is 0.771. The number of nitrogens with zero attached hydrogens (tertiary/aromatic N) is 1. The van der Waals surface area contributed by atoms with Gasteiger partial charge in [-0.25, -0.2) is 0 Å². The first kappa shape index (κ1) is 13.5. The van der Waals surface area contributed by atoms with Crippen LogP contribution in [0, 0.1) is 0 Å². The number of hydrogen-bond acceptors (Lipinski definition) is 3. The number of carbonyl (C=O) groups excluding carboxylic acids is 1. The van der Waals surface area contributed by atoms with Gasteiger partial charge in [0.25, 0.3) is 0 Å². The summed E-state index contributed by atoms with van der Waals surface area (Å²) in [4.78, 5) is 11.7. The Morgan fingerprint density at radius 1 is 1.55 bits per heavy atom. The second kappa shape index (κ2) is 5.11. The van der Waals surface area contributed by atoms with Crippen molar-refractivity contribution < 1.29 is 9.53 Å². The normalized spacial score (nSPS) is 18.1. The van der Waals surface area contributed by atoms with E-state index in [2.05, 4.69) is 4.57 Å². The van der Waals surface area contributed by atoms with Crippen LogP contribution < -0.4 is 5.73 Å². The maximum Gasteiger partial charge on any atom is 0.310 e. The number of carbonyl (C=O) groups is 1. The number of rotatable bonds is 2. The van der Waals surface area contributed by atoms with Gasteiger partial charge in [-0.2, -0.15) is 0 Å². The molecule has 4 nitrogen and oxygen atoms in total. The molecule has 0 spiro atoms. The van der Waals surface area contributed by atoms with Crippen LogP contribution in [0.2, 0.25) is 5.02 Å². The van der Waals surface area contributed by atoms with Crippen molar-refractivity contribution in [3.05, 3.63) is 34.5 Å². The highest BCUT2D eigenvalue weighted by Crippen LogP contribution is 2.32. The van der Waals surface area contributed by atoms with E-state index in [-0.39, 0.29) is 12.0 Å². The topological polar surface area (TPSA) is 57.2 Å². The van der Waals surface area contributed by atoms with Gasteiger partial charge in [-0.3, -0.25) is 4.79 Å². The molecule has 20 heavy (non-hydrogen) atoms. The summed E-state index contributed by atoms with van der Waals surface area (Å²) in [6.07, 6.45) is 2.13. The predicted octanol–water partition coefficient (Wildman–Crippen LogP) is 2.28. The van der Waals surface area contributed by atoms with E-state index >= 15 is 0 Å². The first-order chi connectivity index (χ1) is 9.60. The molecule has 1 aliphatic heterocycles. The van der Waals surface area contributed by atoms with E-state index in [0.717, 1.165) is 35.9 Å². The molecule has 0 saturated heterocycles. The van der Waals surface area contributed by atoms with Crippen molar-refractivity contribution in [1.82, 2.24) is 4.57 Å². The second-order valence-corrected chi connectivity index (χ2v) is 5.69. The van der Waals surface area contributed by atoms with Crippen LogP contribution >= 0.6 is 11.6 Å². The van der Waals surface area contributed by atoms with Crippen LogP contribution in [0.3, 0.4) is 0 Å². The molecule has 5 heteroatoms. The van der Waals surface area contributed by atoms with E-state index in [0.29, 0.717) is 11.4 Å². The van der Waals surface area contributed by atoms with Crippen LogP contribution in [0.25, 0.3) is 10.9 Å². The molecule has 2 heterocycles. The highest BCUT2D eigenvalue weighted by Gasteiger charge is 2.24. The molecule has 1 atom stereocenters. The fraction of sp³-hybridized carbons (Fsp3) is 0.400. The van der Waals surface area contributed by atoms with Gasteiger partial charge in [0.15, 0.2) is 0 Å². The summed E-state index contributed by atoms with van der Waals surface area (Å²) in [6, 6.07) is 5.94. The van der Waals surface area contributed by atoms with Crippen LogP contribution in [0.4, 0.5) is 0 Å². The summed E-state index contributed by atoms with van der Waals surface area (Å²) in [5, 5.41) is 1.77. The Balaban J connectivity index is 2.20. The summed E-state index contributed by atoms with van der Waals surface area (Å²) >= 11 is 6.10. The molecular weight excluding hydrogens is 276 g/mol. The highest BCUT2D eigenvalue weighted by atomic mass is 35.5. The minimum absolute atomic E-state index is 0.156. The van der Waals surface area contributed by atoms with Gasteiger partial charge in [-0.1, -0.05) is 17.7 Å². The van der Waals surface area contributed by atoms with Crippen LogP contribution in [-0.2, 0) is 28.9 Å². The summed E-state index contributed by atoms with van der Waals surface area (Å²) in [7, 11) is 1.42. The molecule has 0 fully saturated rings. The van der Waals surface area contributed by atoms with Crippen molar-refractivity contribution in [3.8, 4) is 0 Å². The van der Waals surface area contributed by atoms with Crippen LogP contribution in [0.15, 0.2) is 18.2 Å². The van der Waals surface area contributed by atoms with Crippen molar-refractivity contribution in [1.29, 1.82) is 0 Å². The molecule has 3 rings (SSSR count). The fourth-order valence-corrected chi connectivity index (χ4v) is 3.17. The molecule has 1 aromatic carbocycles. The van der Waals surface area contributed by atoms with Crippen molar-refractivity contribution in [2.75, 3.05) is 7.11 Å². The SMILES string of the molecule is COC(=O)Cc1c2n(c3cc(Cl)ccc13)CC(N)CC2. The first-order valence-corrected chi connectivity index (χ1v) is 7.10. The molecule has 106 valence electrons. The lowest BCUT2D eigenvalue weighted by atomic mass is 10.0. The van der Waals surface area contributed by atoms with Gasteiger partial charge in [0, 0.05) is 28.7 Å². The van der Waals surface area contributed by atoms with Gasteiger partial charge in [-0.15, -0.1) is 0 Å². The summed E-state index contributed by atoms with van der Waals surface area (Å²) in [5.41, 5.74) is 9.37. The van der Waals surface area contributed by atoms with Gasteiger partial charge >= 0.3 is 5.97 Å². The maximum absolute atomic E-state index is 11.7. The third-order valence-corrected chi connectivity index (χ3v) is 4.20. The van der Waals surface area contributed by atoms with Crippen LogP contribution in [0.5, 0.6) is 0 Å². The van der Waals surface area contributed by atoms with Crippen molar-refractivity contribution >= 4 is 28.5 Å². The van der Waals surface area contributed by atoms with Crippen molar-refractivity contribution in [3.63, 3.8) is 0 Å². The third-order valence-electron chi connectivity index (χ3n) is 3.97. The molecule has 0 amide bonds. The van der Waals surface area contributed by atoms with E-state index in [1.165, 1.54) is 12.8 Å². The quantitative estimate of drug-likeness (QED) is 0.864. The smallest absolute Gasteiger partial charge is 0.310 e. The van der Waals surface area contributed by atoms with Gasteiger partial charge in [0.2, 0.25) is 0 Å².